The second kappa shape index (κ2) is 4.63. The Labute approximate surface area is 107 Å². The van der Waals surface area contributed by atoms with Gasteiger partial charge in [0.1, 0.15) is 0 Å². The molecule has 1 unspecified atom stereocenters. The normalized spacial score (nSPS) is 12.8. The van der Waals surface area contributed by atoms with Gasteiger partial charge in [0, 0.05) is 9.75 Å². The summed E-state index contributed by atoms with van der Waals surface area (Å²) in [5.74, 6) is 0. The molecule has 2 N–H and O–H groups in total. The van der Waals surface area contributed by atoms with Gasteiger partial charge in [-0.25, -0.2) is 0 Å². The second-order valence-electron chi connectivity index (χ2n) is 4.74. The van der Waals surface area contributed by atoms with E-state index in [1.807, 2.05) is 0 Å². The highest BCUT2D eigenvalue weighted by atomic mass is 32.1. The molecule has 0 aliphatic carbocycles. The Morgan fingerprint density at radius 2 is 1.71 bits per heavy atom. The number of hydrogen-bond donors (Lipinski definition) is 1. The molecule has 2 heteroatoms. The molecule has 90 valence electrons. The third-order valence-corrected chi connectivity index (χ3v) is 4.36. The molecule has 1 aromatic carbocycles. The fraction of sp³-hybridized carbons (Fsp3) is 0.333. The minimum Gasteiger partial charge on any atom is -0.320 e. The number of rotatable bonds is 2. The lowest BCUT2D eigenvalue weighted by Gasteiger charge is -2.15. The van der Waals surface area contributed by atoms with Gasteiger partial charge in [-0.2, -0.15) is 0 Å². The van der Waals surface area contributed by atoms with Crippen LogP contribution in [0.15, 0.2) is 24.3 Å². The average Bonchev–Trinajstić information content (AvgIpc) is 2.57. The van der Waals surface area contributed by atoms with Crippen molar-refractivity contribution in [2.75, 3.05) is 0 Å². The number of nitrogens with two attached hydrogens (primary N) is 1. The van der Waals surface area contributed by atoms with Crippen molar-refractivity contribution in [1.82, 2.24) is 0 Å². The molecule has 1 nitrogen and oxygen atoms in total. The van der Waals surface area contributed by atoms with Crippen molar-refractivity contribution in [2.45, 2.75) is 33.7 Å². The zero-order valence-electron chi connectivity index (χ0n) is 10.9. The summed E-state index contributed by atoms with van der Waals surface area (Å²) in [4.78, 5) is 2.62. The van der Waals surface area contributed by atoms with Crippen LogP contribution in [0.2, 0.25) is 0 Å². The third-order valence-electron chi connectivity index (χ3n) is 3.12. The molecule has 1 heterocycles. The number of benzene rings is 1. The van der Waals surface area contributed by atoms with E-state index < -0.39 is 0 Å². The van der Waals surface area contributed by atoms with Gasteiger partial charge < -0.3 is 5.73 Å². The highest BCUT2D eigenvalue weighted by molar-refractivity contribution is 7.12. The minimum absolute atomic E-state index is 0.00861. The maximum Gasteiger partial charge on any atom is 0.0651 e. The molecule has 0 saturated carbocycles. The van der Waals surface area contributed by atoms with E-state index in [9.17, 15) is 0 Å². The summed E-state index contributed by atoms with van der Waals surface area (Å²) in [5.41, 5.74) is 11.5. The molecule has 0 amide bonds. The van der Waals surface area contributed by atoms with E-state index in [0.717, 1.165) is 0 Å². The first-order valence-corrected chi connectivity index (χ1v) is 6.70. The monoisotopic (exact) mass is 245 g/mol. The molecule has 0 aliphatic heterocycles. The Morgan fingerprint density at radius 1 is 1.00 bits per heavy atom. The summed E-state index contributed by atoms with van der Waals surface area (Å²) in [6.45, 7) is 8.53. The molecule has 0 fully saturated rings. The highest BCUT2D eigenvalue weighted by Gasteiger charge is 2.15. The van der Waals surface area contributed by atoms with Gasteiger partial charge in [0.05, 0.1) is 6.04 Å². The Morgan fingerprint density at radius 3 is 2.24 bits per heavy atom. The SMILES string of the molecule is Cc1ccc(C(N)c2sc(C)cc2C)c(C)c1. The lowest BCUT2D eigenvalue weighted by Crippen LogP contribution is -2.12. The predicted molar refractivity (Wildman–Crippen MR) is 75.7 cm³/mol. The van der Waals surface area contributed by atoms with Crippen LogP contribution >= 0.6 is 11.3 Å². The highest BCUT2D eigenvalue weighted by Crippen LogP contribution is 2.31. The van der Waals surface area contributed by atoms with Crippen molar-refractivity contribution in [2.24, 2.45) is 5.73 Å². The second-order valence-corrected chi connectivity index (χ2v) is 6.03. The Balaban J connectivity index is 2.43. The minimum atomic E-state index is 0.00861. The molecule has 17 heavy (non-hydrogen) atoms. The topological polar surface area (TPSA) is 26.0 Å². The standard InChI is InChI=1S/C15H19NS/c1-9-5-6-13(10(2)7-9)14(16)15-11(3)8-12(4)17-15/h5-8,14H,16H2,1-4H3. The van der Waals surface area contributed by atoms with Crippen LogP contribution in [0.4, 0.5) is 0 Å². The molecule has 0 spiro atoms. The number of hydrogen-bond acceptors (Lipinski definition) is 2. The largest absolute Gasteiger partial charge is 0.320 e. The molecule has 1 atom stereocenters. The van der Waals surface area contributed by atoms with Crippen molar-refractivity contribution in [1.29, 1.82) is 0 Å². The first kappa shape index (κ1) is 12.3. The van der Waals surface area contributed by atoms with Crippen molar-refractivity contribution in [3.05, 3.63) is 56.3 Å². The quantitative estimate of drug-likeness (QED) is 0.849. The summed E-state index contributed by atoms with van der Waals surface area (Å²) in [7, 11) is 0. The predicted octanol–water partition coefficient (Wildman–Crippen LogP) is 4.03. The summed E-state index contributed by atoms with van der Waals surface area (Å²) in [5, 5.41) is 0. The third kappa shape index (κ3) is 2.43. The molecule has 0 bridgehead atoms. The van der Waals surface area contributed by atoms with E-state index in [0.29, 0.717) is 0 Å². The van der Waals surface area contributed by atoms with Crippen molar-refractivity contribution in [3.63, 3.8) is 0 Å². The Hall–Kier alpha value is -1.12. The van der Waals surface area contributed by atoms with Crippen LogP contribution < -0.4 is 5.73 Å². The maximum absolute atomic E-state index is 6.39. The van der Waals surface area contributed by atoms with Gasteiger partial charge in [-0.15, -0.1) is 11.3 Å². The Bertz CT molecular complexity index is 540. The van der Waals surface area contributed by atoms with Crippen LogP contribution in [0.3, 0.4) is 0 Å². The molecule has 0 aliphatic rings. The van der Waals surface area contributed by atoms with Gasteiger partial charge in [0.2, 0.25) is 0 Å². The lowest BCUT2D eigenvalue weighted by atomic mass is 9.97. The first-order chi connectivity index (χ1) is 7.99. The summed E-state index contributed by atoms with van der Waals surface area (Å²) in [6, 6.07) is 8.71. The van der Waals surface area contributed by atoms with E-state index in [4.69, 9.17) is 5.73 Å². The van der Waals surface area contributed by atoms with Crippen molar-refractivity contribution < 1.29 is 0 Å². The van der Waals surface area contributed by atoms with E-state index >= 15 is 0 Å². The first-order valence-electron chi connectivity index (χ1n) is 5.88. The molecule has 0 saturated heterocycles. The van der Waals surface area contributed by atoms with Gasteiger partial charge in [0.25, 0.3) is 0 Å². The van der Waals surface area contributed by atoms with Gasteiger partial charge in [0.15, 0.2) is 0 Å². The van der Waals surface area contributed by atoms with Crippen molar-refractivity contribution >= 4 is 11.3 Å². The molecule has 2 rings (SSSR count). The van der Waals surface area contributed by atoms with Crippen molar-refractivity contribution in [3.8, 4) is 0 Å². The summed E-state index contributed by atoms with van der Waals surface area (Å²) < 4.78 is 0. The molecule has 1 aromatic heterocycles. The zero-order chi connectivity index (χ0) is 12.6. The molecular formula is C15H19NS. The van der Waals surface area contributed by atoms with E-state index in [2.05, 4.69) is 52.0 Å². The van der Waals surface area contributed by atoms with Gasteiger partial charge >= 0.3 is 0 Å². The number of thiophene rings is 1. The average molecular weight is 245 g/mol. The van der Waals surface area contributed by atoms with Gasteiger partial charge in [-0.05, 0) is 50.5 Å². The fourth-order valence-corrected chi connectivity index (χ4v) is 3.34. The van der Waals surface area contributed by atoms with E-state index in [-0.39, 0.29) is 6.04 Å². The zero-order valence-corrected chi connectivity index (χ0v) is 11.7. The maximum atomic E-state index is 6.39. The summed E-state index contributed by atoms with van der Waals surface area (Å²) >= 11 is 1.81. The molecular weight excluding hydrogens is 226 g/mol. The van der Waals surface area contributed by atoms with Crippen LogP contribution in [0, 0.1) is 27.7 Å². The van der Waals surface area contributed by atoms with E-state index in [1.165, 1.54) is 32.0 Å². The number of aryl methyl sites for hydroxylation is 4. The van der Waals surface area contributed by atoms with Crippen LogP contribution in [0.1, 0.15) is 38.0 Å². The van der Waals surface area contributed by atoms with Gasteiger partial charge in [-0.1, -0.05) is 23.8 Å². The molecule has 2 aromatic rings. The van der Waals surface area contributed by atoms with Crippen LogP contribution in [0.25, 0.3) is 0 Å². The molecule has 0 radical (unpaired) electrons. The fourth-order valence-electron chi connectivity index (χ4n) is 2.28. The van der Waals surface area contributed by atoms with E-state index in [1.54, 1.807) is 11.3 Å². The van der Waals surface area contributed by atoms with Crippen LogP contribution in [0.5, 0.6) is 0 Å². The lowest BCUT2D eigenvalue weighted by molar-refractivity contribution is 0.874. The Kier molecular flexibility index (Phi) is 3.36. The van der Waals surface area contributed by atoms with Gasteiger partial charge in [-0.3, -0.25) is 0 Å². The smallest absolute Gasteiger partial charge is 0.0651 e. The van der Waals surface area contributed by atoms with Crippen LogP contribution in [-0.2, 0) is 0 Å². The van der Waals surface area contributed by atoms with Crippen LogP contribution in [-0.4, -0.2) is 0 Å². The summed E-state index contributed by atoms with van der Waals surface area (Å²) in [6.07, 6.45) is 0.